The van der Waals surface area contributed by atoms with Crippen molar-refractivity contribution in [2.24, 2.45) is 0 Å². The molecule has 2 nitrogen and oxygen atoms in total. The molecule has 1 aromatic carbocycles. The van der Waals surface area contributed by atoms with Crippen molar-refractivity contribution in [1.29, 1.82) is 0 Å². The van der Waals surface area contributed by atoms with Crippen LogP contribution in [-0.2, 0) is 0 Å². The van der Waals surface area contributed by atoms with E-state index in [-0.39, 0.29) is 0 Å². The van der Waals surface area contributed by atoms with Crippen molar-refractivity contribution in [2.45, 2.75) is 13.8 Å². The third-order valence-corrected chi connectivity index (χ3v) is 2.06. The van der Waals surface area contributed by atoms with E-state index in [0.29, 0.717) is 0 Å². The molecule has 0 aliphatic heterocycles. The van der Waals surface area contributed by atoms with E-state index in [1.165, 1.54) is 16.9 Å². The average Bonchev–Trinajstić information content (AvgIpc) is 2.04. The summed E-state index contributed by atoms with van der Waals surface area (Å²) in [6.07, 6.45) is 0. The van der Waals surface area contributed by atoms with E-state index in [1.807, 2.05) is 0 Å². The van der Waals surface area contributed by atoms with E-state index in [9.17, 15) is 0 Å². The molecule has 0 radical (unpaired) electrons. The van der Waals surface area contributed by atoms with E-state index < -0.39 is 0 Å². The van der Waals surface area contributed by atoms with Gasteiger partial charge in [-0.15, -0.1) is 0 Å². The maximum atomic E-state index is 3.30. The van der Waals surface area contributed by atoms with Crippen LogP contribution < -0.4 is 10.2 Å². The van der Waals surface area contributed by atoms with Crippen LogP contribution in [0.25, 0.3) is 0 Å². The minimum atomic E-state index is 0.973. The molecule has 0 fully saturated rings. The Hall–Kier alpha value is -1.18. The zero-order valence-electron chi connectivity index (χ0n) is 8.89. The van der Waals surface area contributed by atoms with E-state index in [0.717, 1.165) is 6.54 Å². The quantitative estimate of drug-likeness (QED) is 0.765. The highest BCUT2D eigenvalue weighted by Crippen LogP contribution is 2.21. The summed E-state index contributed by atoms with van der Waals surface area (Å²) in [5, 5.41) is 3.30. The molecule has 2 heteroatoms. The van der Waals surface area contributed by atoms with Crippen LogP contribution in [-0.4, -0.2) is 20.6 Å². The Balaban J connectivity index is 2.92. The number of hydrogen-bond donors (Lipinski definition) is 1. The Morgan fingerprint density at radius 3 is 2.46 bits per heavy atom. The first-order valence-corrected chi connectivity index (χ1v) is 4.67. The molecular formula is C11H18N2. The van der Waals surface area contributed by atoms with Gasteiger partial charge in [-0.3, -0.25) is 0 Å². The zero-order chi connectivity index (χ0) is 9.84. The number of aryl methyl sites for hydroxylation is 1. The predicted molar refractivity (Wildman–Crippen MR) is 59.7 cm³/mol. The molecule has 1 rings (SSSR count). The molecule has 0 heterocycles. The Labute approximate surface area is 80.6 Å². The largest absolute Gasteiger partial charge is 0.385 e. The highest BCUT2D eigenvalue weighted by molar-refractivity contribution is 5.59. The van der Waals surface area contributed by atoms with Gasteiger partial charge in [-0.25, -0.2) is 0 Å². The standard InChI is InChI=1S/C11H18N2/c1-5-12-10-6-7-11(13(3)4)9(2)8-10/h6-8,12H,5H2,1-4H3. The summed E-state index contributed by atoms with van der Waals surface area (Å²) < 4.78 is 0. The van der Waals surface area contributed by atoms with Crippen molar-refractivity contribution in [1.82, 2.24) is 0 Å². The summed E-state index contributed by atoms with van der Waals surface area (Å²) >= 11 is 0. The second kappa shape index (κ2) is 4.17. The van der Waals surface area contributed by atoms with Crippen LogP contribution in [0, 0.1) is 6.92 Å². The number of nitrogens with one attached hydrogen (secondary N) is 1. The summed E-state index contributed by atoms with van der Waals surface area (Å²) in [5.74, 6) is 0. The van der Waals surface area contributed by atoms with Gasteiger partial charge >= 0.3 is 0 Å². The highest BCUT2D eigenvalue weighted by Gasteiger charge is 2.00. The molecule has 1 N–H and O–H groups in total. The van der Waals surface area contributed by atoms with Crippen LogP contribution in [0.2, 0.25) is 0 Å². The van der Waals surface area contributed by atoms with E-state index in [4.69, 9.17) is 0 Å². The fourth-order valence-electron chi connectivity index (χ4n) is 1.47. The van der Waals surface area contributed by atoms with Crippen molar-refractivity contribution >= 4 is 11.4 Å². The number of nitrogens with zero attached hydrogens (tertiary/aromatic N) is 1. The van der Waals surface area contributed by atoms with Crippen LogP contribution in [0.15, 0.2) is 18.2 Å². The summed E-state index contributed by atoms with van der Waals surface area (Å²) in [6.45, 7) is 5.21. The van der Waals surface area contributed by atoms with Gasteiger partial charge in [-0.2, -0.15) is 0 Å². The third kappa shape index (κ3) is 2.38. The number of benzene rings is 1. The van der Waals surface area contributed by atoms with E-state index in [1.54, 1.807) is 0 Å². The Morgan fingerprint density at radius 1 is 1.31 bits per heavy atom. The number of anilines is 2. The second-order valence-electron chi connectivity index (χ2n) is 3.43. The highest BCUT2D eigenvalue weighted by atomic mass is 15.1. The molecule has 0 amide bonds. The smallest absolute Gasteiger partial charge is 0.0392 e. The van der Waals surface area contributed by atoms with Crippen molar-refractivity contribution in [3.63, 3.8) is 0 Å². The lowest BCUT2D eigenvalue weighted by Gasteiger charge is -2.16. The molecule has 0 spiro atoms. The van der Waals surface area contributed by atoms with Gasteiger partial charge in [0.15, 0.2) is 0 Å². The van der Waals surface area contributed by atoms with Crippen LogP contribution in [0.4, 0.5) is 11.4 Å². The van der Waals surface area contributed by atoms with E-state index >= 15 is 0 Å². The van der Waals surface area contributed by atoms with Crippen molar-refractivity contribution in [3.05, 3.63) is 23.8 Å². The Kier molecular flexibility index (Phi) is 3.18. The number of hydrogen-bond acceptors (Lipinski definition) is 2. The first-order valence-electron chi connectivity index (χ1n) is 4.67. The van der Waals surface area contributed by atoms with E-state index in [2.05, 4.69) is 56.4 Å². The Morgan fingerprint density at radius 2 is 2.00 bits per heavy atom. The van der Waals surface area contributed by atoms with Crippen molar-refractivity contribution in [2.75, 3.05) is 30.9 Å². The molecule has 13 heavy (non-hydrogen) atoms. The van der Waals surface area contributed by atoms with Crippen LogP contribution in [0.5, 0.6) is 0 Å². The molecule has 1 aromatic rings. The molecule has 0 saturated heterocycles. The average molecular weight is 178 g/mol. The Bertz CT molecular complexity index is 279. The summed E-state index contributed by atoms with van der Waals surface area (Å²) in [7, 11) is 4.13. The zero-order valence-corrected chi connectivity index (χ0v) is 8.89. The maximum absolute atomic E-state index is 3.30. The lowest BCUT2D eigenvalue weighted by atomic mass is 10.1. The third-order valence-electron chi connectivity index (χ3n) is 2.06. The van der Waals surface area contributed by atoms with Gasteiger partial charge in [0.2, 0.25) is 0 Å². The lowest BCUT2D eigenvalue weighted by molar-refractivity contribution is 1.11. The van der Waals surface area contributed by atoms with Crippen LogP contribution in [0.1, 0.15) is 12.5 Å². The lowest BCUT2D eigenvalue weighted by Crippen LogP contribution is -2.10. The van der Waals surface area contributed by atoms with Gasteiger partial charge in [0.05, 0.1) is 0 Å². The van der Waals surface area contributed by atoms with Gasteiger partial charge in [0.25, 0.3) is 0 Å². The molecule has 0 bridgehead atoms. The monoisotopic (exact) mass is 178 g/mol. The number of rotatable bonds is 3. The molecule has 0 aliphatic rings. The van der Waals surface area contributed by atoms with Gasteiger partial charge < -0.3 is 10.2 Å². The SMILES string of the molecule is CCNc1ccc(N(C)C)c(C)c1. The first kappa shape index (κ1) is 9.90. The van der Waals surface area contributed by atoms with Gasteiger partial charge in [-0.05, 0) is 37.6 Å². The predicted octanol–water partition coefficient (Wildman–Crippen LogP) is 2.49. The first-order chi connectivity index (χ1) is 6.15. The molecule has 0 aromatic heterocycles. The molecule has 72 valence electrons. The van der Waals surface area contributed by atoms with Crippen molar-refractivity contribution in [3.8, 4) is 0 Å². The van der Waals surface area contributed by atoms with Crippen LogP contribution >= 0.6 is 0 Å². The van der Waals surface area contributed by atoms with Gasteiger partial charge in [-0.1, -0.05) is 0 Å². The minimum Gasteiger partial charge on any atom is -0.385 e. The maximum Gasteiger partial charge on any atom is 0.0392 e. The normalized spacial score (nSPS) is 9.85. The second-order valence-corrected chi connectivity index (χ2v) is 3.43. The van der Waals surface area contributed by atoms with Gasteiger partial charge in [0, 0.05) is 32.0 Å². The van der Waals surface area contributed by atoms with Crippen molar-refractivity contribution < 1.29 is 0 Å². The topological polar surface area (TPSA) is 15.3 Å². The molecule has 0 aliphatic carbocycles. The molecule has 0 unspecified atom stereocenters. The fourth-order valence-corrected chi connectivity index (χ4v) is 1.47. The summed E-state index contributed by atoms with van der Waals surface area (Å²) in [6, 6.07) is 6.44. The molecule has 0 saturated carbocycles. The summed E-state index contributed by atoms with van der Waals surface area (Å²) in [4.78, 5) is 2.13. The fraction of sp³-hybridized carbons (Fsp3) is 0.455. The molecule has 0 atom stereocenters. The minimum absolute atomic E-state index is 0.973. The summed E-state index contributed by atoms with van der Waals surface area (Å²) in [5.41, 5.74) is 3.79. The van der Waals surface area contributed by atoms with Gasteiger partial charge in [0.1, 0.15) is 0 Å². The van der Waals surface area contributed by atoms with Crippen LogP contribution in [0.3, 0.4) is 0 Å². The molecular weight excluding hydrogens is 160 g/mol.